The predicted molar refractivity (Wildman–Crippen MR) is 77.3 cm³/mol. The molecule has 2 nitrogen and oxygen atoms in total. The maximum Gasteiger partial charge on any atom is 0.220 e. The highest BCUT2D eigenvalue weighted by molar-refractivity contribution is 6.35. The molecule has 1 rings (SSSR count). The highest BCUT2D eigenvalue weighted by Crippen LogP contribution is 2.21. The summed E-state index contributed by atoms with van der Waals surface area (Å²) in [6.07, 6.45) is 3.17. The molecule has 1 aromatic rings. The minimum atomic E-state index is 0.0713. The Balaban J connectivity index is 2.42. The van der Waals surface area contributed by atoms with Gasteiger partial charge in [0, 0.05) is 22.5 Å². The predicted octanol–water partition coefficient (Wildman–Crippen LogP) is 4.23. The van der Waals surface area contributed by atoms with E-state index in [1.54, 1.807) is 12.1 Å². The Morgan fingerprint density at radius 1 is 1.39 bits per heavy atom. The number of hydrogen-bond donors (Lipinski definition) is 1. The fourth-order valence-electron chi connectivity index (χ4n) is 1.82. The molecule has 0 radical (unpaired) electrons. The van der Waals surface area contributed by atoms with E-state index < -0.39 is 0 Å². The molecule has 0 spiro atoms. The molecule has 0 fully saturated rings. The van der Waals surface area contributed by atoms with Crippen molar-refractivity contribution < 1.29 is 4.79 Å². The number of aryl methyl sites for hydroxylation is 1. The van der Waals surface area contributed by atoms with Crippen molar-refractivity contribution in [2.45, 2.75) is 45.6 Å². The van der Waals surface area contributed by atoms with Crippen molar-refractivity contribution in [2.75, 3.05) is 0 Å². The maximum atomic E-state index is 11.7. The van der Waals surface area contributed by atoms with Gasteiger partial charge in [-0.25, -0.2) is 0 Å². The number of carbonyl (C=O) groups excluding carboxylic acids is 1. The van der Waals surface area contributed by atoms with E-state index in [2.05, 4.69) is 12.2 Å². The van der Waals surface area contributed by atoms with E-state index in [-0.39, 0.29) is 11.9 Å². The van der Waals surface area contributed by atoms with Crippen LogP contribution in [0, 0.1) is 0 Å². The molecule has 0 saturated carbocycles. The summed E-state index contributed by atoms with van der Waals surface area (Å²) >= 11 is 11.9. The minimum Gasteiger partial charge on any atom is -0.354 e. The monoisotopic (exact) mass is 287 g/mol. The van der Waals surface area contributed by atoms with Crippen molar-refractivity contribution >= 4 is 29.1 Å². The van der Waals surface area contributed by atoms with Crippen LogP contribution in [-0.2, 0) is 11.2 Å². The van der Waals surface area contributed by atoms with E-state index in [9.17, 15) is 4.79 Å². The van der Waals surface area contributed by atoms with E-state index in [0.29, 0.717) is 22.9 Å². The summed E-state index contributed by atoms with van der Waals surface area (Å²) in [6.45, 7) is 4.13. The lowest BCUT2D eigenvalue weighted by Gasteiger charge is -2.12. The maximum absolute atomic E-state index is 11.7. The number of carbonyl (C=O) groups is 1. The van der Waals surface area contributed by atoms with Gasteiger partial charge in [0.2, 0.25) is 5.91 Å². The first-order valence-corrected chi connectivity index (χ1v) is 7.01. The molecule has 4 heteroatoms. The normalized spacial score (nSPS) is 12.2. The first-order chi connectivity index (χ1) is 8.52. The molecule has 0 saturated heterocycles. The van der Waals surface area contributed by atoms with Crippen molar-refractivity contribution in [3.8, 4) is 0 Å². The van der Waals surface area contributed by atoms with E-state index >= 15 is 0 Å². The van der Waals surface area contributed by atoms with Crippen LogP contribution < -0.4 is 5.32 Å². The lowest BCUT2D eigenvalue weighted by atomic mass is 10.1. The summed E-state index contributed by atoms with van der Waals surface area (Å²) in [6, 6.07) is 5.60. The van der Waals surface area contributed by atoms with Gasteiger partial charge in [0.05, 0.1) is 0 Å². The first kappa shape index (κ1) is 15.3. The number of halogens is 2. The minimum absolute atomic E-state index is 0.0713. The Morgan fingerprint density at radius 3 is 2.72 bits per heavy atom. The van der Waals surface area contributed by atoms with Gasteiger partial charge in [-0.05, 0) is 37.5 Å². The van der Waals surface area contributed by atoms with Crippen LogP contribution >= 0.6 is 23.2 Å². The van der Waals surface area contributed by atoms with Crippen LogP contribution in [0.4, 0.5) is 0 Å². The van der Waals surface area contributed by atoms with Gasteiger partial charge in [-0.2, -0.15) is 0 Å². The Hall–Kier alpha value is -0.730. The molecule has 0 aliphatic heterocycles. The van der Waals surface area contributed by atoms with Gasteiger partial charge in [-0.3, -0.25) is 4.79 Å². The lowest BCUT2D eigenvalue weighted by Crippen LogP contribution is -2.32. The van der Waals surface area contributed by atoms with E-state index in [1.165, 1.54) is 0 Å². The SMILES string of the molecule is CCCC(C)NC(=O)CCc1ccc(Cl)cc1Cl. The average Bonchev–Trinajstić information content (AvgIpc) is 2.28. The molecule has 0 aromatic heterocycles. The Kier molecular flexibility index (Phi) is 6.51. The molecule has 1 N–H and O–H groups in total. The van der Waals surface area contributed by atoms with Gasteiger partial charge < -0.3 is 5.32 Å². The molecular weight excluding hydrogens is 269 g/mol. The van der Waals surface area contributed by atoms with Crippen LogP contribution in [0.3, 0.4) is 0 Å². The second kappa shape index (κ2) is 7.65. The third-order valence-corrected chi connectivity index (χ3v) is 3.35. The molecule has 18 heavy (non-hydrogen) atoms. The summed E-state index contributed by atoms with van der Waals surface area (Å²) in [5.74, 6) is 0.0713. The zero-order valence-electron chi connectivity index (χ0n) is 10.8. The topological polar surface area (TPSA) is 29.1 Å². The van der Waals surface area contributed by atoms with Crippen molar-refractivity contribution in [3.05, 3.63) is 33.8 Å². The van der Waals surface area contributed by atoms with Gasteiger partial charge in [0.1, 0.15) is 0 Å². The van der Waals surface area contributed by atoms with Gasteiger partial charge in [-0.15, -0.1) is 0 Å². The molecular formula is C14H19Cl2NO. The van der Waals surface area contributed by atoms with Crippen molar-refractivity contribution in [3.63, 3.8) is 0 Å². The molecule has 100 valence electrons. The third-order valence-electron chi connectivity index (χ3n) is 2.77. The number of nitrogens with one attached hydrogen (secondary N) is 1. The van der Waals surface area contributed by atoms with Crippen LogP contribution in [0.1, 0.15) is 38.7 Å². The van der Waals surface area contributed by atoms with Gasteiger partial charge in [0.25, 0.3) is 0 Å². The fourth-order valence-corrected chi connectivity index (χ4v) is 2.33. The number of hydrogen-bond acceptors (Lipinski definition) is 1. The van der Waals surface area contributed by atoms with Crippen LogP contribution in [0.5, 0.6) is 0 Å². The molecule has 1 atom stereocenters. The third kappa shape index (κ3) is 5.28. The number of amides is 1. The number of rotatable bonds is 6. The summed E-state index contributed by atoms with van der Waals surface area (Å²) < 4.78 is 0. The first-order valence-electron chi connectivity index (χ1n) is 6.26. The van der Waals surface area contributed by atoms with Crippen molar-refractivity contribution in [1.82, 2.24) is 5.32 Å². The second-order valence-corrected chi connectivity index (χ2v) is 5.34. The average molecular weight is 288 g/mol. The molecule has 1 aromatic carbocycles. The molecule has 1 amide bonds. The summed E-state index contributed by atoms with van der Waals surface area (Å²) in [4.78, 5) is 11.7. The molecule has 0 bridgehead atoms. The highest BCUT2D eigenvalue weighted by atomic mass is 35.5. The summed E-state index contributed by atoms with van der Waals surface area (Å²) in [5, 5.41) is 4.21. The molecule has 0 aliphatic carbocycles. The van der Waals surface area contributed by atoms with Crippen LogP contribution in [0.25, 0.3) is 0 Å². The lowest BCUT2D eigenvalue weighted by molar-refractivity contribution is -0.121. The van der Waals surface area contributed by atoms with E-state index in [4.69, 9.17) is 23.2 Å². The Bertz CT molecular complexity index is 407. The second-order valence-electron chi connectivity index (χ2n) is 4.49. The zero-order chi connectivity index (χ0) is 13.5. The quantitative estimate of drug-likeness (QED) is 0.833. The van der Waals surface area contributed by atoms with E-state index in [0.717, 1.165) is 18.4 Å². The van der Waals surface area contributed by atoms with Gasteiger partial charge in [0.15, 0.2) is 0 Å². The number of benzene rings is 1. The Labute approximate surface area is 119 Å². The molecule has 0 heterocycles. The smallest absolute Gasteiger partial charge is 0.220 e. The van der Waals surface area contributed by atoms with E-state index in [1.807, 2.05) is 13.0 Å². The largest absolute Gasteiger partial charge is 0.354 e. The Morgan fingerprint density at radius 2 is 2.11 bits per heavy atom. The van der Waals surface area contributed by atoms with Crippen LogP contribution in [0.2, 0.25) is 10.0 Å². The zero-order valence-corrected chi connectivity index (χ0v) is 12.3. The van der Waals surface area contributed by atoms with Crippen molar-refractivity contribution in [2.24, 2.45) is 0 Å². The van der Waals surface area contributed by atoms with Crippen LogP contribution in [0.15, 0.2) is 18.2 Å². The van der Waals surface area contributed by atoms with Crippen molar-refractivity contribution in [1.29, 1.82) is 0 Å². The fraction of sp³-hybridized carbons (Fsp3) is 0.500. The molecule has 1 unspecified atom stereocenters. The highest BCUT2D eigenvalue weighted by Gasteiger charge is 2.08. The summed E-state index contributed by atoms with van der Waals surface area (Å²) in [5.41, 5.74) is 0.958. The van der Waals surface area contributed by atoms with Gasteiger partial charge >= 0.3 is 0 Å². The summed E-state index contributed by atoms with van der Waals surface area (Å²) in [7, 11) is 0. The van der Waals surface area contributed by atoms with Gasteiger partial charge in [-0.1, -0.05) is 42.6 Å². The standard InChI is InChI=1S/C14H19Cl2NO/c1-3-4-10(2)17-14(18)8-6-11-5-7-12(15)9-13(11)16/h5,7,9-10H,3-4,6,8H2,1-2H3,(H,17,18). The van der Waals surface area contributed by atoms with Crippen LogP contribution in [-0.4, -0.2) is 11.9 Å². The molecule has 0 aliphatic rings.